The van der Waals surface area contributed by atoms with E-state index in [-0.39, 0.29) is 0 Å². The summed E-state index contributed by atoms with van der Waals surface area (Å²) in [7, 11) is 1.67. The topological polar surface area (TPSA) is 21.7 Å². The second kappa shape index (κ2) is 6.39. The predicted molar refractivity (Wildman–Crippen MR) is 90.5 cm³/mol. The van der Waals surface area contributed by atoms with E-state index in [0.717, 1.165) is 41.6 Å². The Kier molecular flexibility index (Phi) is 4.15. The number of methoxy groups -OCH3 is 1. The first-order chi connectivity index (χ1) is 10.8. The van der Waals surface area contributed by atoms with Gasteiger partial charge >= 0.3 is 0 Å². The largest absolute Gasteiger partial charge is 0.497 e. The van der Waals surface area contributed by atoms with E-state index in [1.807, 2.05) is 48.5 Å². The van der Waals surface area contributed by atoms with Crippen LogP contribution in [0.5, 0.6) is 11.5 Å². The second-order valence-corrected chi connectivity index (χ2v) is 5.12. The van der Waals surface area contributed by atoms with Crippen LogP contribution in [0.2, 0.25) is 0 Å². The van der Waals surface area contributed by atoms with Gasteiger partial charge in [-0.15, -0.1) is 6.58 Å². The van der Waals surface area contributed by atoms with Crippen molar-refractivity contribution < 1.29 is 9.47 Å². The van der Waals surface area contributed by atoms with Gasteiger partial charge in [-0.1, -0.05) is 30.3 Å². The molecular weight excluding hydrogens is 274 g/mol. The molecule has 0 spiro atoms. The molecule has 0 radical (unpaired) electrons. The Bertz CT molecular complexity index is 689. The monoisotopic (exact) mass is 293 g/mol. The van der Waals surface area contributed by atoms with Gasteiger partial charge in [-0.25, -0.2) is 0 Å². The molecule has 1 heterocycles. The molecule has 0 atom stereocenters. The van der Waals surface area contributed by atoms with E-state index in [4.69, 9.17) is 9.47 Å². The Morgan fingerprint density at radius 2 is 1.95 bits per heavy atom. The number of ether oxygens (including phenoxy) is 2. The molecule has 0 bridgehead atoms. The molecule has 0 saturated carbocycles. The van der Waals surface area contributed by atoms with Crippen molar-refractivity contribution in [3.05, 3.63) is 72.5 Å². The normalized spacial score (nSPS) is 15.1. The van der Waals surface area contributed by atoms with Gasteiger partial charge in [0.1, 0.15) is 17.3 Å². The van der Waals surface area contributed by atoms with E-state index in [9.17, 15) is 0 Å². The van der Waals surface area contributed by atoms with Crippen LogP contribution in [0.1, 0.15) is 5.56 Å². The number of fused-ring (bicyclic) bond motifs is 1. The number of hydrogen-bond donors (Lipinski definition) is 0. The first kappa shape index (κ1) is 14.3. The fourth-order valence-corrected chi connectivity index (χ4v) is 2.53. The van der Waals surface area contributed by atoms with Crippen molar-refractivity contribution in [2.45, 2.75) is 0 Å². The van der Waals surface area contributed by atoms with Crippen molar-refractivity contribution >= 4 is 11.8 Å². The number of nitrogens with zero attached hydrogens (tertiary/aromatic N) is 1. The Morgan fingerprint density at radius 1 is 1.18 bits per heavy atom. The molecule has 0 unspecified atom stereocenters. The molecule has 2 aromatic rings. The lowest BCUT2D eigenvalue weighted by molar-refractivity contribution is 0.402. The summed E-state index contributed by atoms with van der Waals surface area (Å²) in [6, 6.07) is 16.0. The van der Waals surface area contributed by atoms with E-state index in [1.54, 1.807) is 7.11 Å². The van der Waals surface area contributed by atoms with Crippen LogP contribution in [0.3, 0.4) is 0 Å². The lowest BCUT2D eigenvalue weighted by Gasteiger charge is -2.31. The van der Waals surface area contributed by atoms with Crippen molar-refractivity contribution in [1.82, 2.24) is 0 Å². The van der Waals surface area contributed by atoms with E-state index >= 15 is 0 Å². The molecule has 3 heteroatoms. The summed E-state index contributed by atoms with van der Waals surface area (Å²) in [5.41, 5.74) is 2.20. The first-order valence-electron chi connectivity index (χ1n) is 7.27. The summed E-state index contributed by atoms with van der Waals surface area (Å²) in [5.74, 6) is 2.66. The quantitative estimate of drug-likeness (QED) is 0.791. The molecule has 3 nitrogen and oxygen atoms in total. The highest BCUT2D eigenvalue weighted by atomic mass is 16.5. The smallest absolute Gasteiger partial charge is 0.150 e. The fraction of sp³-hybridized carbons (Fsp3) is 0.158. The minimum atomic E-state index is 0.731. The maximum atomic E-state index is 6.02. The summed E-state index contributed by atoms with van der Waals surface area (Å²) in [5, 5.41) is 0. The maximum Gasteiger partial charge on any atom is 0.150 e. The maximum absolute atomic E-state index is 6.02. The van der Waals surface area contributed by atoms with E-state index in [0.29, 0.717) is 0 Å². The molecule has 0 fully saturated rings. The standard InChI is InChI=1S/C19H19NO2/c1-3-12-20-14-17(22-19-7-5-4-6-18(19)20)13-15-8-10-16(21-2)11-9-15/h3-11,13H,1,12,14H2,2H3/b17-13-. The van der Waals surface area contributed by atoms with Crippen molar-refractivity contribution in [3.8, 4) is 11.5 Å². The van der Waals surface area contributed by atoms with Crippen molar-refractivity contribution in [2.24, 2.45) is 0 Å². The van der Waals surface area contributed by atoms with Gasteiger partial charge < -0.3 is 14.4 Å². The highest BCUT2D eigenvalue weighted by Gasteiger charge is 2.20. The Morgan fingerprint density at radius 3 is 2.68 bits per heavy atom. The fourth-order valence-electron chi connectivity index (χ4n) is 2.53. The van der Waals surface area contributed by atoms with E-state index < -0.39 is 0 Å². The van der Waals surface area contributed by atoms with Crippen LogP contribution in [-0.2, 0) is 0 Å². The van der Waals surface area contributed by atoms with Gasteiger partial charge in [0.2, 0.25) is 0 Å². The van der Waals surface area contributed by atoms with Gasteiger partial charge in [-0.3, -0.25) is 0 Å². The van der Waals surface area contributed by atoms with Crippen LogP contribution in [-0.4, -0.2) is 20.2 Å². The molecule has 22 heavy (non-hydrogen) atoms. The highest BCUT2D eigenvalue weighted by Crippen LogP contribution is 2.34. The number of hydrogen-bond acceptors (Lipinski definition) is 3. The molecule has 0 aliphatic carbocycles. The lowest BCUT2D eigenvalue weighted by atomic mass is 10.1. The van der Waals surface area contributed by atoms with Crippen molar-refractivity contribution in [3.63, 3.8) is 0 Å². The van der Waals surface area contributed by atoms with Gasteiger partial charge in [-0.2, -0.15) is 0 Å². The molecule has 1 aliphatic rings. The zero-order valence-electron chi connectivity index (χ0n) is 12.7. The van der Waals surface area contributed by atoms with Gasteiger partial charge in [0.05, 0.1) is 19.3 Å². The Balaban J connectivity index is 1.88. The van der Waals surface area contributed by atoms with E-state index in [1.165, 1.54) is 0 Å². The van der Waals surface area contributed by atoms with Crippen molar-refractivity contribution in [2.75, 3.05) is 25.1 Å². The third-order valence-corrected chi connectivity index (χ3v) is 3.59. The molecule has 0 N–H and O–H groups in total. The van der Waals surface area contributed by atoms with Gasteiger partial charge in [0, 0.05) is 6.54 Å². The zero-order valence-corrected chi connectivity index (χ0v) is 12.7. The van der Waals surface area contributed by atoms with Crippen LogP contribution < -0.4 is 14.4 Å². The zero-order chi connectivity index (χ0) is 15.4. The number of rotatable bonds is 4. The Hall–Kier alpha value is -2.68. The number of benzene rings is 2. The molecule has 0 amide bonds. The molecular formula is C19H19NO2. The summed E-state index contributed by atoms with van der Waals surface area (Å²) < 4.78 is 11.2. The average Bonchev–Trinajstić information content (AvgIpc) is 2.56. The third kappa shape index (κ3) is 2.98. The summed E-state index contributed by atoms with van der Waals surface area (Å²) in [6.07, 6.45) is 3.97. The van der Waals surface area contributed by atoms with Crippen molar-refractivity contribution in [1.29, 1.82) is 0 Å². The molecule has 1 aliphatic heterocycles. The summed E-state index contributed by atoms with van der Waals surface area (Å²) >= 11 is 0. The highest BCUT2D eigenvalue weighted by molar-refractivity contribution is 5.65. The average molecular weight is 293 g/mol. The third-order valence-electron chi connectivity index (χ3n) is 3.59. The van der Waals surface area contributed by atoms with Crippen LogP contribution in [0.25, 0.3) is 6.08 Å². The minimum absolute atomic E-state index is 0.731. The second-order valence-electron chi connectivity index (χ2n) is 5.12. The van der Waals surface area contributed by atoms with Crippen LogP contribution in [0.15, 0.2) is 66.9 Å². The van der Waals surface area contributed by atoms with Gasteiger partial charge in [0.25, 0.3) is 0 Å². The minimum Gasteiger partial charge on any atom is -0.497 e. The molecule has 0 saturated heterocycles. The van der Waals surface area contributed by atoms with Gasteiger partial charge in [-0.05, 0) is 35.9 Å². The van der Waals surface area contributed by atoms with E-state index in [2.05, 4.69) is 23.6 Å². The Labute approximate surface area is 131 Å². The number of para-hydroxylation sites is 2. The lowest BCUT2D eigenvalue weighted by Crippen LogP contribution is -2.31. The van der Waals surface area contributed by atoms with Crippen LogP contribution in [0.4, 0.5) is 5.69 Å². The molecule has 3 rings (SSSR count). The molecule has 0 aromatic heterocycles. The first-order valence-corrected chi connectivity index (χ1v) is 7.27. The molecule has 2 aromatic carbocycles. The van der Waals surface area contributed by atoms with Gasteiger partial charge in [0.15, 0.2) is 0 Å². The summed E-state index contributed by atoms with van der Waals surface area (Å²) in [4.78, 5) is 2.25. The SMILES string of the molecule is C=CCN1C/C(=C/c2ccc(OC)cc2)Oc2ccccc21. The molecule has 112 valence electrons. The number of anilines is 1. The van der Waals surface area contributed by atoms with Crippen LogP contribution >= 0.6 is 0 Å². The predicted octanol–water partition coefficient (Wildman–Crippen LogP) is 4.12. The summed E-state index contributed by atoms with van der Waals surface area (Å²) in [6.45, 7) is 5.36. The van der Waals surface area contributed by atoms with Crippen LogP contribution in [0, 0.1) is 0 Å².